The van der Waals surface area contributed by atoms with E-state index < -0.39 is 5.91 Å². The van der Waals surface area contributed by atoms with Crippen LogP contribution in [0.2, 0.25) is 0 Å². The van der Waals surface area contributed by atoms with E-state index in [1.807, 2.05) is 59.3 Å². The predicted octanol–water partition coefficient (Wildman–Crippen LogP) is 4.01. The maximum absolute atomic E-state index is 12.9. The predicted molar refractivity (Wildman–Crippen MR) is 104 cm³/mol. The summed E-state index contributed by atoms with van der Waals surface area (Å²) in [6.07, 6.45) is 1.59. The van der Waals surface area contributed by atoms with Gasteiger partial charge in [0.15, 0.2) is 5.13 Å². The molecular weight excluding hydrogens is 346 g/mol. The van der Waals surface area contributed by atoms with Crippen LogP contribution >= 0.6 is 11.3 Å². The van der Waals surface area contributed by atoms with Crippen molar-refractivity contribution in [3.05, 3.63) is 87.7 Å². The normalized spacial score (nSPS) is 10.8. The highest BCUT2D eigenvalue weighted by molar-refractivity contribution is 7.13. The zero-order valence-electron chi connectivity index (χ0n) is 14.0. The molecule has 0 aliphatic rings. The largest absolute Gasteiger partial charge is 0.315 e. The molecule has 0 fully saturated rings. The molecule has 2 heterocycles. The van der Waals surface area contributed by atoms with E-state index in [-0.39, 0.29) is 11.0 Å². The molecule has 128 valence electrons. The first kappa shape index (κ1) is 16.2. The summed E-state index contributed by atoms with van der Waals surface area (Å²) in [6.45, 7) is 1.85. The van der Waals surface area contributed by atoms with Gasteiger partial charge in [-0.1, -0.05) is 30.3 Å². The highest BCUT2D eigenvalue weighted by atomic mass is 32.1. The highest BCUT2D eigenvalue weighted by Crippen LogP contribution is 2.19. The van der Waals surface area contributed by atoms with Crippen LogP contribution in [0.5, 0.6) is 0 Å². The van der Waals surface area contributed by atoms with Crippen molar-refractivity contribution in [2.45, 2.75) is 6.92 Å². The Balaban J connectivity index is 1.88. The van der Waals surface area contributed by atoms with Gasteiger partial charge in [-0.25, -0.2) is 4.98 Å². The first-order chi connectivity index (χ1) is 12.6. The van der Waals surface area contributed by atoms with Crippen molar-refractivity contribution in [1.82, 2.24) is 9.55 Å². The summed E-state index contributed by atoms with van der Waals surface area (Å²) in [6, 6.07) is 16.9. The fourth-order valence-electron chi connectivity index (χ4n) is 2.82. The molecule has 26 heavy (non-hydrogen) atoms. The van der Waals surface area contributed by atoms with E-state index in [9.17, 15) is 9.59 Å². The third kappa shape index (κ3) is 2.91. The van der Waals surface area contributed by atoms with Gasteiger partial charge in [-0.3, -0.25) is 14.9 Å². The first-order valence-electron chi connectivity index (χ1n) is 8.07. The molecule has 0 unspecified atom stereocenters. The number of anilines is 1. The van der Waals surface area contributed by atoms with Crippen LogP contribution in [0.15, 0.2) is 71.0 Å². The van der Waals surface area contributed by atoms with Gasteiger partial charge in [0.05, 0.1) is 11.2 Å². The van der Waals surface area contributed by atoms with Crippen molar-refractivity contribution >= 4 is 33.3 Å². The number of carbonyl (C=O) groups excluding carboxylic acids is 1. The molecule has 2 aromatic heterocycles. The molecule has 0 saturated carbocycles. The Morgan fingerprint density at radius 2 is 1.81 bits per heavy atom. The Hall–Kier alpha value is -3.25. The van der Waals surface area contributed by atoms with Gasteiger partial charge >= 0.3 is 0 Å². The van der Waals surface area contributed by atoms with Crippen LogP contribution in [-0.4, -0.2) is 15.5 Å². The number of hydrogen-bond acceptors (Lipinski definition) is 4. The number of benzene rings is 2. The summed E-state index contributed by atoms with van der Waals surface area (Å²) in [5, 5.41) is 5.54. The third-order valence-corrected chi connectivity index (χ3v) is 4.91. The van der Waals surface area contributed by atoms with Crippen LogP contribution in [0.25, 0.3) is 16.6 Å². The number of pyridine rings is 1. The fraction of sp³-hybridized carbons (Fsp3) is 0.0500. The smallest absolute Gasteiger partial charge is 0.262 e. The Bertz CT molecular complexity index is 1160. The van der Waals surface area contributed by atoms with Crippen molar-refractivity contribution in [3.63, 3.8) is 0 Å². The number of amides is 1. The summed E-state index contributed by atoms with van der Waals surface area (Å²) in [7, 11) is 0. The van der Waals surface area contributed by atoms with Crippen LogP contribution in [-0.2, 0) is 0 Å². The molecular formula is C20H15N3O2S. The summed E-state index contributed by atoms with van der Waals surface area (Å²) in [5.41, 5.74) is 2.25. The van der Waals surface area contributed by atoms with Crippen molar-refractivity contribution in [2.75, 3.05) is 5.32 Å². The van der Waals surface area contributed by atoms with Gasteiger partial charge in [0.1, 0.15) is 5.56 Å². The second-order valence-electron chi connectivity index (χ2n) is 5.84. The van der Waals surface area contributed by atoms with Gasteiger partial charge in [0.2, 0.25) is 5.43 Å². The lowest BCUT2D eigenvalue weighted by Gasteiger charge is -2.13. The number of carbonyl (C=O) groups is 1. The number of nitrogens with one attached hydrogen (secondary N) is 1. The van der Waals surface area contributed by atoms with Gasteiger partial charge in [-0.15, -0.1) is 11.3 Å². The van der Waals surface area contributed by atoms with Crippen LogP contribution in [0.4, 0.5) is 5.13 Å². The number of para-hydroxylation sites is 2. The second-order valence-corrected chi connectivity index (χ2v) is 6.70. The highest BCUT2D eigenvalue weighted by Gasteiger charge is 2.17. The lowest BCUT2D eigenvalue weighted by molar-refractivity contribution is 0.102. The number of thiazole rings is 1. The molecule has 0 aliphatic heterocycles. The number of aryl methyl sites for hydroxylation is 1. The molecule has 0 radical (unpaired) electrons. The summed E-state index contributed by atoms with van der Waals surface area (Å²) in [4.78, 5) is 29.8. The maximum atomic E-state index is 12.9. The third-order valence-electron chi connectivity index (χ3n) is 4.03. The topological polar surface area (TPSA) is 64.0 Å². The van der Waals surface area contributed by atoms with Crippen molar-refractivity contribution in [3.8, 4) is 5.69 Å². The SMILES string of the molecule is Cc1csc(NC(=O)c2cn(-c3ccccc3)c3ccccc3c2=O)n1. The van der Waals surface area contributed by atoms with Gasteiger partial charge in [-0.2, -0.15) is 0 Å². The lowest BCUT2D eigenvalue weighted by Crippen LogP contribution is -2.23. The van der Waals surface area contributed by atoms with Gasteiger partial charge < -0.3 is 4.57 Å². The van der Waals surface area contributed by atoms with Crippen molar-refractivity contribution in [1.29, 1.82) is 0 Å². The van der Waals surface area contributed by atoms with E-state index in [0.717, 1.165) is 16.9 Å². The monoisotopic (exact) mass is 361 g/mol. The minimum atomic E-state index is -0.459. The fourth-order valence-corrected chi connectivity index (χ4v) is 3.50. The lowest BCUT2D eigenvalue weighted by atomic mass is 10.1. The zero-order valence-corrected chi connectivity index (χ0v) is 14.8. The first-order valence-corrected chi connectivity index (χ1v) is 8.95. The standard InChI is InChI=1S/C20H15N3O2S/c1-13-12-26-20(21-13)22-19(25)16-11-23(14-7-3-2-4-8-14)17-10-6-5-9-15(17)18(16)24/h2-12H,1H3,(H,21,22,25). The number of hydrogen-bond donors (Lipinski definition) is 1. The number of fused-ring (bicyclic) bond motifs is 1. The van der Waals surface area contributed by atoms with Crippen LogP contribution in [0.1, 0.15) is 16.1 Å². The van der Waals surface area contributed by atoms with Gasteiger partial charge in [0, 0.05) is 22.7 Å². The Morgan fingerprint density at radius 3 is 2.54 bits per heavy atom. The number of aromatic nitrogens is 2. The van der Waals surface area contributed by atoms with E-state index in [1.54, 1.807) is 18.3 Å². The second kappa shape index (κ2) is 6.57. The molecule has 0 aliphatic carbocycles. The van der Waals surface area contributed by atoms with Gasteiger partial charge in [-0.05, 0) is 31.2 Å². The minimum absolute atomic E-state index is 0.0837. The molecule has 5 nitrogen and oxygen atoms in total. The molecule has 0 saturated heterocycles. The molecule has 6 heteroatoms. The van der Waals surface area contributed by atoms with E-state index in [4.69, 9.17) is 0 Å². The van der Waals surface area contributed by atoms with E-state index in [2.05, 4.69) is 10.3 Å². The molecule has 0 bridgehead atoms. The molecule has 0 atom stereocenters. The minimum Gasteiger partial charge on any atom is -0.315 e. The van der Waals surface area contributed by atoms with E-state index >= 15 is 0 Å². The average molecular weight is 361 g/mol. The van der Waals surface area contributed by atoms with Crippen LogP contribution < -0.4 is 10.7 Å². The van der Waals surface area contributed by atoms with Crippen molar-refractivity contribution < 1.29 is 4.79 Å². The number of rotatable bonds is 3. The Morgan fingerprint density at radius 1 is 1.08 bits per heavy atom. The molecule has 4 aromatic rings. The molecule has 2 aromatic carbocycles. The average Bonchev–Trinajstić information content (AvgIpc) is 3.07. The van der Waals surface area contributed by atoms with Gasteiger partial charge in [0.25, 0.3) is 5.91 Å². The van der Waals surface area contributed by atoms with Crippen LogP contribution in [0.3, 0.4) is 0 Å². The number of nitrogens with zero attached hydrogens (tertiary/aromatic N) is 2. The summed E-state index contributed by atoms with van der Waals surface area (Å²) < 4.78 is 1.86. The zero-order chi connectivity index (χ0) is 18.1. The Labute approximate surface area is 153 Å². The Kier molecular flexibility index (Phi) is 4.10. The van der Waals surface area contributed by atoms with Crippen molar-refractivity contribution in [2.24, 2.45) is 0 Å². The van der Waals surface area contributed by atoms with E-state index in [0.29, 0.717) is 10.5 Å². The summed E-state index contributed by atoms with van der Waals surface area (Å²) in [5.74, 6) is -0.459. The molecule has 1 N–H and O–H groups in total. The summed E-state index contributed by atoms with van der Waals surface area (Å²) >= 11 is 1.33. The van der Waals surface area contributed by atoms with E-state index in [1.165, 1.54) is 11.3 Å². The molecule has 0 spiro atoms. The quantitative estimate of drug-likeness (QED) is 0.600. The molecule has 1 amide bonds. The van der Waals surface area contributed by atoms with Crippen LogP contribution in [0, 0.1) is 6.92 Å². The maximum Gasteiger partial charge on any atom is 0.262 e. The molecule has 4 rings (SSSR count).